The molecule has 7 heteroatoms. The number of Topliss-reactive ketones (excluding diaryl/α,β-unsaturated/α-hetero) is 1. The second-order valence-electron chi connectivity index (χ2n) is 7.23. The molecule has 1 aliphatic carbocycles. The lowest BCUT2D eigenvalue weighted by molar-refractivity contribution is -0.133. The van der Waals surface area contributed by atoms with Crippen molar-refractivity contribution in [2.75, 3.05) is 17.3 Å². The van der Waals surface area contributed by atoms with Gasteiger partial charge in [-0.1, -0.05) is 43.3 Å². The van der Waals surface area contributed by atoms with Gasteiger partial charge in [-0.2, -0.15) is 11.8 Å². The van der Waals surface area contributed by atoms with Crippen molar-refractivity contribution < 1.29 is 24.9 Å². The molecule has 3 unspecified atom stereocenters. The third kappa shape index (κ3) is 8.16. The van der Waals surface area contributed by atoms with Gasteiger partial charge in [-0.05, 0) is 35.5 Å². The standard InChI is InChI=1S/C22H30O5S2/c1-2-15-4-6-16(7-5-15)12-17(23)8-9-18-19(24)13-20(25)22(18)29-11-3-10-28-14-21(26)27/h4-9,17-19,22-24H,2-3,10-14H2,1H3,(H,26,27)/b9-8+/t17?,18-,19?,22?/m0/s1. The van der Waals surface area contributed by atoms with Crippen LogP contribution in [0, 0.1) is 5.92 Å². The summed E-state index contributed by atoms with van der Waals surface area (Å²) < 4.78 is 0. The highest BCUT2D eigenvalue weighted by atomic mass is 32.2. The minimum atomic E-state index is -0.818. The molecule has 5 nitrogen and oxygen atoms in total. The van der Waals surface area contributed by atoms with E-state index in [0.717, 1.165) is 29.9 Å². The van der Waals surface area contributed by atoms with Gasteiger partial charge in [0, 0.05) is 18.8 Å². The van der Waals surface area contributed by atoms with Crippen LogP contribution in [-0.4, -0.2) is 61.8 Å². The Morgan fingerprint density at radius 3 is 2.59 bits per heavy atom. The van der Waals surface area contributed by atoms with Crippen LogP contribution in [0.25, 0.3) is 0 Å². The molecular weight excluding hydrogens is 408 g/mol. The van der Waals surface area contributed by atoms with Gasteiger partial charge in [0.25, 0.3) is 0 Å². The van der Waals surface area contributed by atoms with E-state index in [1.807, 2.05) is 12.1 Å². The van der Waals surface area contributed by atoms with E-state index in [4.69, 9.17) is 5.11 Å². The number of aryl methyl sites for hydroxylation is 1. The number of carboxylic acids is 1. The monoisotopic (exact) mass is 438 g/mol. The lowest BCUT2D eigenvalue weighted by Gasteiger charge is -2.17. The molecule has 0 spiro atoms. The minimum absolute atomic E-state index is 0.0417. The first-order valence-electron chi connectivity index (χ1n) is 9.96. The van der Waals surface area contributed by atoms with Gasteiger partial charge in [0.1, 0.15) is 5.78 Å². The van der Waals surface area contributed by atoms with E-state index in [1.54, 1.807) is 12.2 Å². The average molecular weight is 439 g/mol. The Balaban J connectivity index is 1.83. The number of aliphatic carboxylic acids is 1. The first-order chi connectivity index (χ1) is 13.9. The summed E-state index contributed by atoms with van der Waals surface area (Å²) in [5.41, 5.74) is 2.31. The number of hydrogen-bond donors (Lipinski definition) is 3. The van der Waals surface area contributed by atoms with Crippen LogP contribution in [0.3, 0.4) is 0 Å². The number of carbonyl (C=O) groups excluding carboxylic acids is 1. The highest BCUT2D eigenvalue weighted by molar-refractivity contribution is 8.01. The summed E-state index contributed by atoms with van der Waals surface area (Å²) in [5, 5.41) is 28.9. The molecule has 0 saturated heterocycles. The van der Waals surface area contributed by atoms with Crippen molar-refractivity contribution in [2.24, 2.45) is 5.92 Å². The second kappa shape index (κ2) is 12.4. The maximum absolute atomic E-state index is 12.2. The fraction of sp³-hybridized carbons (Fsp3) is 0.545. The summed E-state index contributed by atoms with van der Waals surface area (Å²) in [6.07, 6.45) is 4.54. The molecule has 2 rings (SSSR count). The predicted molar refractivity (Wildman–Crippen MR) is 120 cm³/mol. The number of ketones is 1. The molecule has 4 atom stereocenters. The summed E-state index contributed by atoms with van der Waals surface area (Å²) >= 11 is 2.89. The van der Waals surface area contributed by atoms with Crippen LogP contribution < -0.4 is 0 Å². The van der Waals surface area contributed by atoms with Crippen LogP contribution in [0.4, 0.5) is 0 Å². The molecule has 160 valence electrons. The predicted octanol–water partition coefficient (Wildman–Crippen LogP) is 2.97. The van der Waals surface area contributed by atoms with E-state index in [2.05, 4.69) is 19.1 Å². The average Bonchev–Trinajstić information content (AvgIpc) is 2.95. The van der Waals surface area contributed by atoms with Gasteiger partial charge in [-0.15, -0.1) is 11.8 Å². The highest BCUT2D eigenvalue weighted by Crippen LogP contribution is 2.34. The number of thioether (sulfide) groups is 2. The molecular formula is C22H30O5S2. The van der Waals surface area contributed by atoms with Crippen LogP contribution in [-0.2, 0) is 22.4 Å². The summed E-state index contributed by atoms with van der Waals surface area (Å²) in [6, 6.07) is 8.16. The largest absolute Gasteiger partial charge is 0.481 e. The van der Waals surface area contributed by atoms with Gasteiger partial charge in [0.15, 0.2) is 0 Å². The number of hydrogen-bond acceptors (Lipinski definition) is 6. The Kier molecular flexibility index (Phi) is 10.3. The summed E-state index contributed by atoms with van der Waals surface area (Å²) in [4.78, 5) is 22.7. The number of carboxylic acid groups (broad SMARTS) is 1. The summed E-state index contributed by atoms with van der Waals surface area (Å²) in [7, 11) is 0. The van der Waals surface area contributed by atoms with E-state index in [1.165, 1.54) is 29.1 Å². The summed E-state index contributed by atoms with van der Waals surface area (Å²) in [5.74, 6) is 0.500. The molecule has 1 aromatic rings. The molecule has 0 aliphatic heterocycles. The first-order valence-corrected chi connectivity index (χ1v) is 12.2. The van der Waals surface area contributed by atoms with Crippen molar-refractivity contribution in [1.29, 1.82) is 0 Å². The number of carbonyl (C=O) groups is 2. The number of rotatable bonds is 12. The van der Waals surface area contributed by atoms with Gasteiger partial charge < -0.3 is 15.3 Å². The van der Waals surface area contributed by atoms with Crippen molar-refractivity contribution >= 4 is 35.3 Å². The van der Waals surface area contributed by atoms with Crippen molar-refractivity contribution in [2.45, 2.75) is 50.1 Å². The molecule has 1 saturated carbocycles. The molecule has 29 heavy (non-hydrogen) atoms. The van der Waals surface area contributed by atoms with Gasteiger partial charge in [-0.3, -0.25) is 9.59 Å². The maximum atomic E-state index is 12.2. The molecule has 1 aliphatic rings. The first kappa shape index (κ1) is 24.0. The molecule has 0 heterocycles. The van der Waals surface area contributed by atoms with Crippen LogP contribution in [0.5, 0.6) is 0 Å². The Hall–Kier alpha value is -1.28. The van der Waals surface area contributed by atoms with Crippen molar-refractivity contribution in [3.05, 3.63) is 47.5 Å². The van der Waals surface area contributed by atoms with Crippen LogP contribution in [0.2, 0.25) is 0 Å². The van der Waals surface area contributed by atoms with E-state index in [0.29, 0.717) is 6.42 Å². The number of benzene rings is 1. The smallest absolute Gasteiger partial charge is 0.313 e. The SMILES string of the molecule is CCc1ccc(CC(O)/C=C/[C@H]2C(O)CC(=O)C2SCCCSCC(=O)O)cc1. The van der Waals surface area contributed by atoms with Crippen LogP contribution in [0.1, 0.15) is 30.9 Å². The Labute approximate surface area is 181 Å². The zero-order valence-corrected chi connectivity index (χ0v) is 18.3. The zero-order valence-electron chi connectivity index (χ0n) is 16.7. The normalized spacial score (nSPS) is 23.0. The Bertz CT molecular complexity index is 689. The number of aliphatic hydroxyl groups is 2. The van der Waals surface area contributed by atoms with E-state index in [-0.39, 0.29) is 29.1 Å². The van der Waals surface area contributed by atoms with E-state index >= 15 is 0 Å². The molecule has 0 amide bonds. The van der Waals surface area contributed by atoms with Crippen molar-refractivity contribution in [3.63, 3.8) is 0 Å². The molecule has 0 aromatic heterocycles. The molecule has 0 radical (unpaired) electrons. The van der Waals surface area contributed by atoms with Crippen LogP contribution >= 0.6 is 23.5 Å². The van der Waals surface area contributed by atoms with Gasteiger partial charge >= 0.3 is 5.97 Å². The topological polar surface area (TPSA) is 94.8 Å². The third-order valence-corrected chi connectivity index (χ3v) is 7.40. The van der Waals surface area contributed by atoms with E-state index in [9.17, 15) is 19.8 Å². The zero-order chi connectivity index (χ0) is 21.2. The molecule has 1 aromatic carbocycles. The van der Waals surface area contributed by atoms with Gasteiger partial charge in [-0.25, -0.2) is 0 Å². The highest BCUT2D eigenvalue weighted by Gasteiger charge is 2.40. The number of aliphatic hydroxyl groups excluding tert-OH is 2. The van der Waals surface area contributed by atoms with Gasteiger partial charge in [0.05, 0.1) is 23.2 Å². The molecule has 0 bridgehead atoms. The third-order valence-electron chi connectivity index (χ3n) is 4.91. The fourth-order valence-corrected chi connectivity index (χ4v) is 5.51. The lowest BCUT2D eigenvalue weighted by Crippen LogP contribution is -2.22. The van der Waals surface area contributed by atoms with Crippen molar-refractivity contribution in [3.8, 4) is 0 Å². The van der Waals surface area contributed by atoms with Crippen LogP contribution in [0.15, 0.2) is 36.4 Å². The summed E-state index contributed by atoms with van der Waals surface area (Å²) in [6.45, 7) is 2.10. The van der Waals surface area contributed by atoms with Crippen molar-refractivity contribution in [1.82, 2.24) is 0 Å². The van der Waals surface area contributed by atoms with E-state index < -0.39 is 18.2 Å². The Morgan fingerprint density at radius 1 is 1.24 bits per heavy atom. The lowest BCUT2D eigenvalue weighted by atomic mass is 10.0. The molecule has 3 N–H and O–H groups in total. The van der Waals surface area contributed by atoms with Gasteiger partial charge in [0.2, 0.25) is 0 Å². The second-order valence-corrected chi connectivity index (χ2v) is 9.59. The maximum Gasteiger partial charge on any atom is 0.313 e. The quantitative estimate of drug-likeness (QED) is 0.341. The minimum Gasteiger partial charge on any atom is -0.481 e. The Morgan fingerprint density at radius 2 is 1.93 bits per heavy atom. The fourth-order valence-electron chi connectivity index (χ4n) is 3.32. The molecule has 1 fully saturated rings.